The van der Waals surface area contributed by atoms with Crippen LogP contribution in [0.2, 0.25) is 0 Å². The number of nitrogens with one attached hydrogen (secondary N) is 1. The fraction of sp³-hybridized carbons (Fsp3) is 0.208. The summed E-state index contributed by atoms with van der Waals surface area (Å²) in [6, 6.07) is 25.1. The predicted molar refractivity (Wildman–Crippen MR) is 112 cm³/mol. The maximum absolute atomic E-state index is 12.6. The molecule has 1 N–H and O–H groups in total. The molecule has 0 spiro atoms. The first-order chi connectivity index (χ1) is 13.6. The fourth-order valence-electron chi connectivity index (χ4n) is 2.77. The third-order valence-corrected chi connectivity index (χ3v) is 4.30. The lowest BCUT2D eigenvalue weighted by Gasteiger charge is -2.17. The summed E-state index contributed by atoms with van der Waals surface area (Å²) in [4.78, 5) is 12.6. The standard InChI is InChI=1S/C24H25NO3/c1-3-23(28-22-11-7-8-18(2)16-22)24(26)25-20-12-14-21(15-13-20)27-17-19-9-5-4-6-10-19/h4-16,23H,3,17H2,1-2H3,(H,25,26). The van der Waals surface area contributed by atoms with Crippen molar-refractivity contribution in [3.05, 3.63) is 90.0 Å². The summed E-state index contributed by atoms with van der Waals surface area (Å²) in [6.45, 7) is 4.44. The highest BCUT2D eigenvalue weighted by molar-refractivity contribution is 5.94. The molecule has 3 rings (SSSR count). The minimum absolute atomic E-state index is 0.165. The number of anilines is 1. The Hall–Kier alpha value is -3.27. The zero-order valence-corrected chi connectivity index (χ0v) is 16.2. The minimum atomic E-state index is -0.546. The molecule has 0 saturated carbocycles. The van der Waals surface area contributed by atoms with E-state index in [2.05, 4.69) is 5.32 Å². The van der Waals surface area contributed by atoms with Gasteiger partial charge in [0.05, 0.1) is 0 Å². The summed E-state index contributed by atoms with van der Waals surface area (Å²) in [5.41, 5.74) is 2.92. The van der Waals surface area contributed by atoms with E-state index in [1.807, 2.05) is 92.7 Å². The Morgan fingerprint density at radius 2 is 1.68 bits per heavy atom. The minimum Gasteiger partial charge on any atom is -0.489 e. The molecule has 4 nitrogen and oxygen atoms in total. The Bertz CT molecular complexity index is 891. The molecule has 1 unspecified atom stereocenters. The first-order valence-electron chi connectivity index (χ1n) is 9.45. The molecule has 0 radical (unpaired) electrons. The topological polar surface area (TPSA) is 47.6 Å². The lowest BCUT2D eigenvalue weighted by molar-refractivity contribution is -0.122. The van der Waals surface area contributed by atoms with Gasteiger partial charge in [-0.2, -0.15) is 0 Å². The van der Waals surface area contributed by atoms with Crippen LogP contribution in [0.5, 0.6) is 11.5 Å². The van der Waals surface area contributed by atoms with Crippen LogP contribution < -0.4 is 14.8 Å². The van der Waals surface area contributed by atoms with Gasteiger partial charge in [0.2, 0.25) is 0 Å². The van der Waals surface area contributed by atoms with Crippen molar-refractivity contribution in [2.75, 3.05) is 5.32 Å². The number of carbonyl (C=O) groups is 1. The number of hydrogen-bond acceptors (Lipinski definition) is 3. The van der Waals surface area contributed by atoms with Crippen LogP contribution >= 0.6 is 0 Å². The fourth-order valence-corrected chi connectivity index (χ4v) is 2.77. The van der Waals surface area contributed by atoms with Crippen LogP contribution in [0.4, 0.5) is 5.69 Å². The van der Waals surface area contributed by atoms with Gasteiger partial charge < -0.3 is 14.8 Å². The molecule has 0 aliphatic carbocycles. The molecule has 0 aliphatic rings. The van der Waals surface area contributed by atoms with Gasteiger partial charge in [0.15, 0.2) is 6.10 Å². The molecular formula is C24H25NO3. The van der Waals surface area contributed by atoms with Crippen LogP contribution in [-0.2, 0) is 11.4 Å². The van der Waals surface area contributed by atoms with Crippen LogP contribution in [0.3, 0.4) is 0 Å². The molecule has 1 atom stereocenters. The highest BCUT2D eigenvalue weighted by atomic mass is 16.5. The second-order valence-electron chi connectivity index (χ2n) is 6.62. The maximum Gasteiger partial charge on any atom is 0.265 e. The summed E-state index contributed by atoms with van der Waals surface area (Å²) in [7, 11) is 0. The Morgan fingerprint density at radius 3 is 2.36 bits per heavy atom. The quantitative estimate of drug-likeness (QED) is 0.576. The van der Waals surface area contributed by atoms with Gasteiger partial charge >= 0.3 is 0 Å². The van der Waals surface area contributed by atoms with Gasteiger partial charge in [-0.15, -0.1) is 0 Å². The van der Waals surface area contributed by atoms with E-state index in [0.717, 1.165) is 16.9 Å². The first kappa shape index (κ1) is 19.5. The van der Waals surface area contributed by atoms with E-state index in [4.69, 9.17) is 9.47 Å². The van der Waals surface area contributed by atoms with Crippen LogP contribution in [0.1, 0.15) is 24.5 Å². The Balaban J connectivity index is 1.55. The van der Waals surface area contributed by atoms with Crippen LogP contribution in [-0.4, -0.2) is 12.0 Å². The molecule has 144 valence electrons. The van der Waals surface area contributed by atoms with E-state index in [1.54, 1.807) is 0 Å². The monoisotopic (exact) mass is 375 g/mol. The number of ether oxygens (including phenoxy) is 2. The predicted octanol–water partition coefficient (Wildman–Crippen LogP) is 5.37. The number of rotatable bonds is 8. The highest BCUT2D eigenvalue weighted by Crippen LogP contribution is 2.19. The van der Waals surface area contributed by atoms with Gasteiger partial charge in [-0.1, -0.05) is 49.4 Å². The third kappa shape index (κ3) is 5.61. The molecule has 0 aromatic heterocycles. The average Bonchev–Trinajstić information content (AvgIpc) is 2.72. The molecule has 1 amide bonds. The van der Waals surface area contributed by atoms with E-state index in [1.165, 1.54) is 0 Å². The lowest BCUT2D eigenvalue weighted by atomic mass is 10.2. The molecule has 0 fully saturated rings. The van der Waals surface area contributed by atoms with E-state index >= 15 is 0 Å². The molecule has 4 heteroatoms. The zero-order chi connectivity index (χ0) is 19.8. The summed E-state index contributed by atoms with van der Waals surface area (Å²) < 4.78 is 11.6. The molecule has 0 heterocycles. The van der Waals surface area contributed by atoms with Gasteiger partial charge in [0.25, 0.3) is 5.91 Å². The molecular weight excluding hydrogens is 350 g/mol. The molecule has 0 aliphatic heterocycles. The summed E-state index contributed by atoms with van der Waals surface area (Å²) in [5.74, 6) is 1.29. The lowest BCUT2D eigenvalue weighted by Crippen LogP contribution is -2.32. The van der Waals surface area contributed by atoms with Crippen molar-refractivity contribution >= 4 is 11.6 Å². The smallest absolute Gasteiger partial charge is 0.265 e. The number of hydrogen-bond donors (Lipinski definition) is 1. The summed E-state index contributed by atoms with van der Waals surface area (Å²) >= 11 is 0. The zero-order valence-electron chi connectivity index (χ0n) is 16.2. The van der Waals surface area contributed by atoms with Crippen LogP contribution in [0, 0.1) is 6.92 Å². The maximum atomic E-state index is 12.6. The largest absolute Gasteiger partial charge is 0.489 e. The second-order valence-corrected chi connectivity index (χ2v) is 6.62. The third-order valence-electron chi connectivity index (χ3n) is 4.30. The molecule has 3 aromatic carbocycles. The molecule has 28 heavy (non-hydrogen) atoms. The Kier molecular flexibility index (Phi) is 6.68. The van der Waals surface area contributed by atoms with E-state index < -0.39 is 6.10 Å². The van der Waals surface area contributed by atoms with E-state index in [9.17, 15) is 4.79 Å². The van der Waals surface area contributed by atoms with Crippen molar-refractivity contribution in [1.82, 2.24) is 0 Å². The van der Waals surface area contributed by atoms with Crippen molar-refractivity contribution in [3.8, 4) is 11.5 Å². The van der Waals surface area contributed by atoms with Gasteiger partial charge in [0.1, 0.15) is 18.1 Å². The van der Waals surface area contributed by atoms with Crippen molar-refractivity contribution in [1.29, 1.82) is 0 Å². The molecule has 3 aromatic rings. The van der Waals surface area contributed by atoms with Crippen LogP contribution in [0.25, 0.3) is 0 Å². The van der Waals surface area contributed by atoms with E-state index in [-0.39, 0.29) is 5.91 Å². The van der Waals surface area contributed by atoms with E-state index in [0.29, 0.717) is 24.5 Å². The number of aryl methyl sites for hydroxylation is 1. The Labute approximate surface area is 166 Å². The average molecular weight is 375 g/mol. The van der Waals surface area contributed by atoms with Gasteiger partial charge in [-0.3, -0.25) is 4.79 Å². The highest BCUT2D eigenvalue weighted by Gasteiger charge is 2.18. The summed E-state index contributed by atoms with van der Waals surface area (Å²) in [5, 5.41) is 2.91. The summed E-state index contributed by atoms with van der Waals surface area (Å²) in [6.07, 6.45) is 0.0358. The normalized spacial score (nSPS) is 11.5. The molecule has 0 bridgehead atoms. The van der Waals surface area contributed by atoms with Crippen LogP contribution in [0.15, 0.2) is 78.9 Å². The van der Waals surface area contributed by atoms with Crippen molar-refractivity contribution in [3.63, 3.8) is 0 Å². The SMILES string of the molecule is CCC(Oc1cccc(C)c1)C(=O)Nc1ccc(OCc2ccccc2)cc1. The number of amides is 1. The van der Waals surface area contributed by atoms with Gasteiger partial charge in [0, 0.05) is 5.69 Å². The van der Waals surface area contributed by atoms with Crippen molar-refractivity contribution in [2.24, 2.45) is 0 Å². The molecule has 0 saturated heterocycles. The Morgan fingerprint density at radius 1 is 0.929 bits per heavy atom. The van der Waals surface area contributed by atoms with Crippen molar-refractivity contribution < 1.29 is 14.3 Å². The number of carbonyl (C=O) groups excluding carboxylic acids is 1. The van der Waals surface area contributed by atoms with Gasteiger partial charge in [-0.25, -0.2) is 0 Å². The van der Waals surface area contributed by atoms with Crippen molar-refractivity contribution in [2.45, 2.75) is 33.0 Å². The van der Waals surface area contributed by atoms with Gasteiger partial charge in [-0.05, 0) is 60.9 Å². The number of benzene rings is 3. The second kappa shape index (κ2) is 9.60. The first-order valence-corrected chi connectivity index (χ1v) is 9.45.